The molecule has 0 rings (SSSR count). The summed E-state index contributed by atoms with van der Waals surface area (Å²) in [6.07, 6.45) is 0.960. The Labute approximate surface area is 70.3 Å². The van der Waals surface area contributed by atoms with Crippen molar-refractivity contribution in [2.75, 3.05) is 0 Å². The molecule has 4 N–H and O–H groups in total. The van der Waals surface area contributed by atoms with Crippen molar-refractivity contribution in [3.63, 3.8) is 0 Å². The molecule has 0 aliphatic heterocycles. The summed E-state index contributed by atoms with van der Waals surface area (Å²) in [5.41, 5.74) is 11.8. The molecule has 0 aromatic rings. The van der Waals surface area contributed by atoms with Gasteiger partial charge < -0.3 is 11.5 Å². The summed E-state index contributed by atoms with van der Waals surface area (Å²) in [5, 5.41) is 0. The van der Waals surface area contributed by atoms with Gasteiger partial charge in [0.05, 0.1) is 0 Å². The maximum absolute atomic E-state index is 6.11. The molecule has 0 spiro atoms. The van der Waals surface area contributed by atoms with Crippen molar-refractivity contribution < 1.29 is 0 Å². The van der Waals surface area contributed by atoms with Crippen LogP contribution in [-0.4, -0.2) is 11.6 Å². The Hall–Kier alpha value is -0.0800. The molecule has 11 heavy (non-hydrogen) atoms. The van der Waals surface area contributed by atoms with Gasteiger partial charge in [0.1, 0.15) is 0 Å². The first-order valence-corrected chi connectivity index (χ1v) is 4.30. The van der Waals surface area contributed by atoms with Crippen LogP contribution in [0.1, 0.15) is 41.0 Å². The van der Waals surface area contributed by atoms with Crippen LogP contribution in [0.5, 0.6) is 0 Å². The van der Waals surface area contributed by atoms with Gasteiger partial charge in [0.2, 0.25) is 0 Å². The van der Waals surface area contributed by atoms with E-state index < -0.39 is 0 Å². The normalized spacial score (nSPS) is 21.0. The first kappa shape index (κ1) is 10.9. The topological polar surface area (TPSA) is 52.0 Å². The first-order chi connectivity index (χ1) is 4.75. The van der Waals surface area contributed by atoms with E-state index in [0.717, 1.165) is 6.42 Å². The van der Waals surface area contributed by atoms with Crippen LogP contribution in [0.3, 0.4) is 0 Å². The zero-order chi connectivity index (χ0) is 9.28. The van der Waals surface area contributed by atoms with Crippen molar-refractivity contribution >= 4 is 0 Å². The second kappa shape index (κ2) is 3.11. The van der Waals surface area contributed by atoms with E-state index >= 15 is 0 Å². The van der Waals surface area contributed by atoms with E-state index in [2.05, 4.69) is 27.7 Å². The lowest BCUT2D eigenvalue weighted by Gasteiger charge is -2.43. The molecule has 68 valence electrons. The monoisotopic (exact) mass is 158 g/mol. The molecular weight excluding hydrogens is 136 g/mol. The van der Waals surface area contributed by atoms with Gasteiger partial charge in [0, 0.05) is 11.6 Å². The summed E-state index contributed by atoms with van der Waals surface area (Å²) in [6, 6.07) is 0.137. The first-order valence-electron chi connectivity index (χ1n) is 4.30. The molecule has 0 radical (unpaired) electrons. The molecule has 2 nitrogen and oxygen atoms in total. The van der Waals surface area contributed by atoms with E-state index in [4.69, 9.17) is 11.5 Å². The van der Waals surface area contributed by atoms with Crippen LogP contribution in [-0.2, 0) is 0 Å². The molecule has 2 unspecified atom stereocenters. The number of nitrogens with two attached hydrogens (primary N) is 2. The zero-order valence-electron chi connectivity index (χ0n) is 8.44. The lowest BCUT2D eigenvalue weighted by Crippen LogP contribution is -2.57. The molecule has 0 heterocycles. The minimum atomic E-state index is -0.166. The highest BCUT2D eigenvalue weighted by molar-refractivity contribution is 4.97. The van der Waals surface area contributed by atoms with Crippen LogP contribution >= 0.6 is 0 Å². The second-order valence-corrected chi connectivity index (χ2v) is 4.28. The van der Waals surface area contributed by atoms with Crippen LogP contribution < -0.4 is 11.5 Å². The van der Waals surface area contributed by atoms with Crippen molar-refractivity contribution in [1.82, 2.24) is 0 Å². The fourth-order valence-electron chi connectivity index (χ4n) is 0.976. The minimum absolute atomic E-state index is 0.00174. The van der Waals surface area contributed by atoms with Gasteiger partial charge in [-0.25, -0.2) is 0 Å². The largest absolute Gasteiger partial charge is 0.327 e. The van der Waals surface area contributed by atoms with Crippen LogP contribution in [0.25, 0.3) is 0 Å². The molecular formula is C9H22N2. The van der Waals surface area contributed by atoms with Crippen molar-refractivity contribution in [1.29, 1.82) is 0 Å². The molecule has 0 aromatic heterocycles. The average molecular weight is 158 g/mol. The summed E-state index contributed by atoms with van der Waals surface area (Å²) in [6.45, 7) is 10.4. The van der Waals surface area contributed by atoms with E-state index in [0.29, 0.717) is 0 Å². The van der Waals surface area contributed by atoms with Crippen molar-refractivity contribution in [3.05, 3.63) is 0 Å². The van der Waals surface area contributed by atoms with Crippen molar-refractivity contribution in [2.45, 2.75) is 52.6 Å². The lowest BCUT2D eigenvalue weighted by molar-refractivity contribution is 0.145. The summed E-state index contributed by atoms with van der Waals surface area (Å²) < 4.78 is 0. The van der Waals surface area contributed by atoms with Crippen LogP contribution in [0.15, 0.2) is 0 Å². The molecule has 2 atom stereocenters. The third-order valence-electron chi connectivity index (χ3n) is 3.34. The summed E-state index contributed by atoms with van der Waals surface area (Å²) in [4.78, 5) is 0. The van der Waals surface area contributed by atoms with E-state index in [1.165, 1.54) is 0 Å². The van der Waals surface area contributed by atoms with E-state index in [9.17, 15) is 0 Å². The quantitative estimate of drug-likeness (QED) is 0.653. The molecule has 0 bridgehead atoms. The second-order valence-electron chi connectivity index (χ2n) is 4.28. The predicted molar refractivity (Wildman–Crippen MR) is 50.3 cm³/mol. The Balaban J connectivity index is 4.53. The maximum Gasteiger partial charge on any atom is 0.0189 e. The Kier molecular flexibility index (Phi) is 3.09. The predicted octanol–water partition coefficient (Wildman–Crippen LogP) is 1.49. The van der Waals surface area contributed by atoms with Crippen molar-refractivity contribution in [2.24, 2.45) is 16.9 Å². The molecule has 0 saturated carbocycles. The summed E-state index contributed by atoms with van der Waals surface area (Å²) >= 11 is 0. The average Bonchev–Trinajstić information content (AvgIpc) is 1.87. The van der Waals surface area contributed by atoms with Gasteiger partial charge in [-0.1, -0.05) is 20.8 Å². The number of hydrogen-bond acceptors (Lipinski definition) is 2. The molecule has 0 amide bonds. The molecule has 0 saturated heterocycles. The van der Waals surface area contributed by atoms with Gasteiger partial charge in [0.25, 0.3) is 0 Å². The number of rotatable bonds is 3. The summed E-state index contributed by atoms with van der Waals surface area (Å²) in [5.74, 6) is 0. The van der Waals surface area contributed by atoms with Crippen LogP contribution in [0, 0.1) is 5.41 Å². The third-order valence-corrected chi connectivity index (χ3v) is 3.34. The van der Waals surface area contributed by atoms with E-state index in [-0.39, 0.29) is 17.0 Å². The highest BCUT2D eigenvalue weighted by Gasteiger charge is 2.38. The fourth-order valence-corrected chi connectivity index (χ4v) is 0.976. The van der Waals surface area contributed by atoms with Gasteiger partial charge in [-0.3, -0.25) is 0 Å². The fraction of sp³-hybridized carbons (Fsp3) is 1.00. The molecule has 0 fully saturated rings. The molecule has 0 aliphatic rings. The van der Waals surface area contributed by atoms with E-state index in [1.807, 2.05) is 6.92 Å². The number of hydrogen-bond donors (Lipinski definition) is 2. The third kappa shape index (κ3) is 1.94. The highest BCUT2D eigenvalue weighted by Crippen LogP contribution is 2.33. The van der Waals surface area contributed by atoms with Gasteiger partial charge in [-0.2, -0.15) is 0 Å². The molecule has 2 heteroatoms. The highest BCUT2D eigenvalue weighted by atomic mass is 14.8. The summed E-state index contributed by atoms with van der Waals surface area (Å²) in [7, 11) is 0. The van der Waals surface area contributed by atoms with Crippen molar-refractivity contribution in [3.8, 4) is 0 Å². The standard InChI is InChI=1S/C9H22N2/c1-6-9(5,11)8(3,4)7(2)10/h7H,6,10-11H2,1-5H3. The zero-order valence-corrected chi connectivity index (χ0v) is 8.44. The van der Waals surface area contributed by atoms with Crippen LogP contribution in [0.4, 0.5) is 0 Å². The van der Waals surface area contributed by atoms with Gasteiger partial charge in [-0.15, -0.1) is 0 Å². The minimum Gasteiger partial charge on any atom is -0.327 e. The smallest absolute Gasteiger partial charge is 0.0189 e. The van der Waals surface area contributed by atoms with Gasteiger partial charge >= 0.3 is 0 Å². The van der Waals surface area contributed by atoms with Crippen LogP contribution in [0.2, 0.25) is 0 Å². The van der Waals surface area contributed by atoms with E-state index in [1.54, 1.807) is 0 Å². The van der Waals surface area contributed by atoms with Gasteiger partial charge in [0.15, 0.2) is 0 Å². The Morgan fingerprint density at radius 1 is 1.27 bits per heavy atom. The SMILES string of the molecule is CCC(C)(N)C(C)(C)C(C)N. The molecule has 0 aromatic carbocycles. The Morgan fingerprint density at radius 2 is 1.64 bits per heavy atom. The maximum atomic E-state index is 6.11. The molecule has 0 aliphatic carbocycles. The Bertz CT molecular complexity index is 126. The van der Waals surface area contributed by atoms with Gasteiger partial charge in [-0.05, 0) is 25.7 Å². The Morgan fingerprint density at radius 3 is 1.73 bits per heavy atom. The lowest BCUT2D eigenvalue weighted by atomic mass is 9.68.